The molecule has 5 heteroatoms. The summed E-state index contributed by atoms with van der Waals surface area (Å²) in [6.45, 7) is 3.08. The molecule has 0 aliphatic heterocycles. The summed E-state index contributed by atoms with van der Waals surface area (Å²) in [6.07, 6.45) is -5.59. The Kier molecular flexibility index (Phi) is 4.05. The molecule has 0 aliphatic rings. The zero-order chi connectivity index (χ0) is 15.8. The van der Waals surface area contributed by atoms with Crippen LogP contribution in [0.2, 0.25) is 0 Å². The number of rotatable bonds is 2. The van der Waals surface area contributed by atoms with Crippen molar-refractivity contribution in [1.29, 1.82) is 0 Å². The Morgan fingerprint density at radius 3 is 2.14 bits per heavy atom. The fourth-order valence-corrected chi connectivity index (χ4v) is 2.12. The van der Waals surface area contributed by atoms with Crippen LogP contribution in [0.1, 0.15) is 33.9 Å². The maximum Gasteiger partial charge on any atom is 0.416 e. The van der Waals surface area contributed by atoms with E-state index < -0.39 is 23.7 Å². The fourth-order valence-electron chi connectivity index (χ4n) is 2.12. The van der Waals surface area contributed by atoms with Gasteiger partial charge in [0.2, 0.25) is 0 Å². The van der Waals surface area contributed by atoms with Gasteiger partial charge in [0.15, 0.2) is 0 Å². The first kappa shape index (κ1) is 15.5. The van der Waals surface area contributed by atoms with Gasteiger partial charge in [-0.15, -0.1) is 0 Å². The van der Waals surface area contributed by atoms with Crippen molar-refractivity contribution in [3.05, 3.63) is 70.0 Å². The van der Waals surface area contributed by atoms with Crippen molar-refractivity contribution in [2.75, 3.05) is 0 Å². The van der Waals surface area contributed by atoms with E-state index in [1.807, 2.05) is 0 Å². The van der Waals surface area contributed by atoms with Gasteiger partial charge < -0.3 is 5.11 Å². The van der Waals surface area contributed by atoms with E-state index in [4.69, 9.17) is 0 Å². The van der Waals surface area contributed by atoms with Gasteiger partial charge in [0.05, 0.1) is 5.56 Å². The topological polar surface area (TPSA) is 20.2 Å². The second-order valence-electron chi connectivity index (χ2n) is 4.98. The minimum Gasteiger partial charge on any atom is -0.384 e. The molecule has 0 radical (unpaired) electrons. The number of aryl methyl sites for hydroxylation is 2. The normalized spacial score (nSPS) is 13.3. The molecule has 0 saturated heterocycles. The summed E-state index contributed by atoms with van der Waals surface area (Å²) in [5, 5.41) is 10.2. The number of aliphatic hydroxyl groups excluding tert-OH is 1. The van der Waals surface area contributed by atoms with Crippen LogP contribution in [-0.2, 0) is 6.18 Å². The molecule has 112 valence electrons. The molecule has 0 aromatic heterocycles. The lowest BCUT2D eigenvalue weighted by molar-refractivity contribution is -0.137. The van der Waals surface area contributed by atoms with Crippen molar-refractivity contribution in [2.45, 2.75) is 26.1 Å². The van der Waals surface area contributed by atoms with Gasteiger partial charge in [0, 0.05) is 0 Å². The number of benzene rings is 2. The summed E-state index contributed by atoms with van der Waals surface area (Å²) in [4.78, 5) is 0. The maximum absolute atomic E-state index is 13.5. The van der Waals surface area contributed by atoms with Gasteiger partial charge in [0.25, 0.3) is 0 Å². The first-order valence-electron chi connectivity index (χ1n) is 6.32. The van der Waals surface area contributed by atoms with Crippen LogP contribution in [0, 0.1) is 19.7 Å². The number of aliphatic hydroxyl groups is 1. The molecule has 0 fully saturated rings. The molecule has 1 nitrogen and oxygen atoms in total. The highest BCUT2D eigenvalue weighted by atomic mass is 19.4. The quantitative estimate of drug-likeness (QED) is 0.807. The molecule has 2 aromatic rings. The fraction of sp³-hybridized carbons (Fsp3) is 0.250. The molecule has 0 amide bonds. The predicted octanol–water partition coefficient (Wildman–Crippen LogP) is 4.54. The van der Waals surface area contributed by atoms with E-state index >= 15 is 0 Å². The van der Waals surface area contributed by atoms with Gasteiger partial charge in [-0.3, -0.25) is 0 Å². The first-order chi connectivity index (χ1) is 9.70. The molecule has 0 spiro atoms. The molecule has 1 unspecified atom stereocenters. The van der Waals surface area contributed by atoms with Crippen LogP contribution in [0.25, 0.3) is 0 Å². The Morgan fingerprint density at radius 1 is 0.952 bits per heavy atom. The molecule has 2 rings (SSSR count). The second-order valence-corrected chi connectivity index (χ2v) is 4.98. The molecule has 0 heterocycles. The number of hydrogen-bond acceptors (Lipinski definition) is 1. The SMILES string of the molecule is Cc1ccc(C(O)c2ccc(C(F)(F)F)cc2C)cc1F. The van der Waals surface area contributed by atoms with Gasteiger partial charge in [0.1, 0.15) is 11.9 Å². The van der Waals surface area contributed by atoms with Gasteiger partial charge in [-0.1, -0.05) is 18.2 Å². The van der Waals surface area contributed by atoms with Crippen molar-refractivity contribution < 1.29 is 22.7 Å². The average Bonchev–Trinajstić information content (AvgIpc) is 2.40. The van der Waals surface area contributed by atoms with E-state index in [1.54, 1.807) is 13.0 Å². The molecule has 1 atom stereocenters. The van der Waals surface area contributed by atoms with Crippen molar-refractivity contribution in [3.8, 4) is 0 Å². The van der Waals surface area contributed by atoms with Gasteiger partial charge in [-0.05, 0) is 54.3 Å². The van der Waals surface area contributed by atoms with Crippen molar-refractivity contribution in [1.82, 2.24) is 0 Å². The highest BCUT2D eigenvalue weighted by molar-refractivity contribution is 5.39. The maximum atomic E-state index is 13.5. The molecule has 2 aromatic carbocycles. The minimum atomic E-state index is -4.43. The second kappa shape index (κ2) is 5.48. The number of halogens is 4. The Labute approximate surface area is 119 Å². The highest BCUT2D eigenvalue weighted by Crippen LogP contribution is 2.33. The smallest absolute Gasteiger partial charge is 0.384 e. The number of alkyl halides is 3. The summed E-state index contributed by atoms with van der Waals surface area (Å²) in [5.41, 5.74) is 0.603. The van der Waals surface area contributed by atoms with Crippen LogP contribution >= 0.6 is 0 Å². The van der Waals surface area contributed by atoms with E-state index in [1.165, 1.54) is 25.1 Å². The van der Waals surface area contributed by atoms with E-state index in [9.17, 15) is 22.7 Å². The summed E-state index contributed by atoms with van der Waals surface area (Å²) in [6, 6.07) is 7.38. The molecule has 0 bridgehead atoms. The van der Waals surface area contributed by atoms with Gasteiger partial charge in [-0.25, -0.2) is 4.39 Å². The lowest BCUT2D eigenvalue weighted by Crippen LogP contribution is -2.08. The van der Waals surface area contributed by atoms with Crippen LogP contribution in [-0.4, -0.2) is 5.11 Å². The first-order valence-corrected chi connectivity index (χ1v) is 6.32. The summed E-state index contributed by atoms with van der Waals surface area (Å²) in [5.74, 6) is -0.462. The van der Waals surface area contributed by atoms with E-state index in [-0.39, 0.29) is 0 Å². The Bertz CT molecular complexity index is 662. The molecular weight excluding hydrogens is 284 g/mol. The van der Waals surface area contributed by atoms with Gasteiger partial charge >= 0.3 is 6.18 Å². The van der Waals surface area contributed by atoms with Crippen LogP contribution in [0.5, 0.6) is 0 Å². The average molecular weight is 298 g/mol. The van der Waals surface area contributed by atoms with Gasteiger partial charge in [-0.2, -0.15) is 13.2 Å². The third kappa shape index (κ3) is 3.24. The standard InChI is InChI=1S/C16H14F4O/c1-9-3-4-11(8-14(9)17)15(21)13-6-5-12(7-10(13)2)16(18,19)20/h3-8,15,21H,1-2H3. The van der Waals surface area contributed by atoms with E-state index in [0.29, 0.717) is 22.3 Å². The monoisotopic (exact) mass is 298 g/mol. The van der Waals surface area contributed by atoms with Crippen LogP contribution in [0.3, 0.4) is 0 Å². The molecular formula is C16H14F4O. The van der Waals surface area contributed by atoms with E-state index in [0.717, 1.165) is 12.1 Å². The lowest BCUT2D eigenvalue weighted by Gasteiger charge is -2.16. The summed E-state index contributed by atoms with van der Waals surface area (Å²) in [7, 11) is 0. The van der Waals surface area contributed by atoms with Crippen molar-refractivity contribution in [3.63, 3.8) is 0 Å². The zero-order valence-electron chi connectivity index (χ0n) is 11.5. The van der Waals surface area contributed by atoms with Crippen LogP contribution < -0.4 is 0 Å². The molecule has 0 aliphatic carbocycles. The van der Waals surface area contributed by atoms with E-state index in [2.05, 4.69) is 0 Å². The highest BCUT2D eigenvalue weighted by Gasteiger charge is 2.31. The largest absolute Gasteiger partial charge is 0.416 e. The third-order valence-corrected chi connectivity index (χ3v) is 3.40. The van der Waals surface area contributed by atoms with Crippen LogP contribution in [0.4, 0.5) is 17.6 Å². The molecule has 1 N–H and O–H groups in total. The summed E-state index contributed by atoms with van der Waals surface area (Å²) >= 11 is 0. The predicted molar refractivity (Wildman–Crippen MR) is 71.4 cm³/mol. The Morgan fingerprint density at radius 2 is 1.62 bits per heavy atom. The minimum absolute atomic E-state index is 0.304. The molecule has 21 heavy (non-hydrogen) atoms. The molecule has 0 saturated carbocycles. The summed E-state index contributed by atoms with van der Waals surface area (Å²) < 4.78 is 51.3. The van der Waals surface area contributed by atoms with Crippen molar-refractivity contribution in [2.24, 2.45) is 0 Å². The Hall–Kier alpha value is -1.88. The van der Waals surface area contributed by atoms with Crippen molar-refractivity contribution >= 4 is 0 Å². The van der Waals surface area contributed by atoms with Crippen LogP contribution in [0.15, 0.2) is 36.4 Å². The zero-order valence-corrected chi connectivity index (χ0v) is 11.5. The third-order valence-electron chi connectivity index (χ3n) is 3.40. The lowest BCUT2D eigenvalue weighted by atomic mass is 9.95. The number of hydrogen-bond donors (Lipinski definition) is 1. The Balaban J connectivity index is 2.39.